The molecule has 2 atom stereocenters. The van der Waals surface area contributed by atoms with Gasteiger partial charge in [-0.3, -0.25) is 9.78 Å². The average molecular weight is 228 g/mol. The maximum Gasteiger partial charge on any atom is 0.216 e. The second kappa shape index (κ2) is 5.53. The van der Waals surface area contributed by atoms with Gasteiger partial charge in [0.25, 0.3) is 0 Å². The summed E-state index contributed by atoms with van der Waals surface area (Å²) in [4.78, 5) is 14.2. The first-order chi connectivity index (χ1) is 7.50. The van der Waals surface area contributed by atoms with E-state index in [2.05, 4.69) is 10.3 Å². The Bertz CT molecular complexity index is 356. The number of carbonyl (C=O) groups excluding carboxylic acids is 1. The molecule has 1 aromatic rings. The summed E-state index contributed by atoms with van der Waals surface area (Å²) in [7, 11) is 0. The van der Waals surface area contributed by atoms with Crippen LogP contribution in [0.4, 0.5) is 4.39 Å². The zero-order valence-electron chi connectivity index (χ0n) is 8.72. The van der Waals surface area contributed by atoms with Crippen molar-refractivity contribution in [2.75, 3.05) is 6.54 Å². The monoisotopic (exact) mass is 228 g/mol. The van der Waals surface area contributed by atoms with Gasteiger partial charge in [0.2, 0.25) is 5.91 Å². The molecule has 16 heavy (non-hydrogen) atoms. The van der Waals surface area contributed by atoms with E-state index in [1.807, 2.05) is 0 Å². The van der Waals surface area contributed by atoms with Crippen LogP contribution in [0.5, 0.6) is 0 Å². The summed E-state index contributed by atoms with van der Waals surface area (Å²) in [6.07, 6.45) is -1.49. The van der Waals surface area contributed by atoms with E-state index in [4.69, 9.17) is 0 Å². The average Bonchev–Trinajstić information content (AvgIpc) is 2.26. The number of amides is 1. The Hall–Kier alpha value is -1.53. The fraction of sp³-hybridized carbons (Fsp3) is 0.400. The molecule has 0 saturated heterocycles. The lowest BCUT2D eigenvalue weighted by atomic mass is 10.1. The molecule has 3 N–H and O–H groups in total. The van der Waals surface area contributed by atoms with Gasteiger partial charge in [-0.05, 0) is 12.1 Å². The van der Waals surface area contributed by atoms with Gasteiger partial charge in [-0.25, -0.2) is 4.39 Å². The third-order valence-corrected chi connectivity index (χ3v) is 1.98. The molecule has 1 heterocycles. The van der Waals surface area contributed by atoms with E-state index in [0.717, 1.165) is 12.3 Å². The number of hydrogen-bond acceptors (Lipinski definition) is 4. The van der Waals surface area contributed by atoms with Crippen molar-refractivity contribution in [2.45, 2.75) is 19.1 Å². The van der Waals surface area contributed by atoms with E-state index in [0.29, 0.717) is 0 Å². The highest BCUT2D eigenvalue weighted by Gasteiger charge is 2.19. The smallest absolute Gasteiger partial charge is 0.216 e. The Morgan fingerprint density at radius 1 is 1.56 bits per heavy atom. The minimum Gasteiger partial charge on any atom is -0.388 e. The van der Waals surface area contributed by atoms with Gasteiger partial charge in [0.05, 0.1) is 11.9 Å². The van der Waals surface area contributed by atoms with Gasteiger partial charge in [0.1, 0.15) is 18.0 Å². The molecule has 88 valence electrons. The van der Waals surface area contributed by atoms with Crippen LogP contribution in [-0.4, -0.2) is 33.8 Å². The Morgan fingerprint density at radius 3 is 2.75 bits per heavy atom. The van der Waals surface area contributed by atoms with Crippen LogP contribution >= 0.6 is 0 Å². The van der Waals surface area contributed by atoms with E-state index in [9.17, 15) is 19.4 Å². The van der Waals surface area contributed by atoms with E-state index in [1.165, 1.54) is 13.0 Å². The lowest BCUT2D eigenvalue weighted by molar-refractivity contribution is -0.119. The van der Waals surface area contributed by atoms with Gasteiger partial charge in [-0.2, -0.15) is 0 Å². The topological polar surface area (TPSA) is 82.5 Å². The second-order valence-corrected chi connectivity index (χ2v) is 3.35. The molecule has 0 saturated carbocycles. The Kier molecular flexibility index (Phi) is 4.33. The van der Waals surface area contributed by atoms with Crippen LogP contribution in [-0.2, 0) is 4.79 Å². The molecule has 1 aromatic heterocycles. The van der Waals surface area contributed by atoms with E-state index >= 15 is 0 Å². The van der Waals surface area contributed by atoms with E-state index in [-0.39, 0.29) is 18.1 Å². The Balaban J connectivity index is 2.59. The molecule has 0 fully saturated rings. The number of aliphatic hydroxyl groups excluding tert-OH is 2. The Labute approximate surface area is 91.9 Å². The second-order valence-electron chi connectivity index (χ2n) is 3.35. The van der Waals surface area contributed by atoms with Crippen molar-refractivity contribution in [1.29, 1.82) is 0 Å². The van der Waals surface area contributed by atoms with Gasteiger partial charge in [0, 0.05) is 13.5 Å². The molecule has 1 amide bonds. The number of pyridine rings is 1. The van der Waals surface area contributed by atoms with Crippen LogP contribution in [0.3, 0.4) is 0 Å². The number of nitrogens with zero attached hydrogens (tertiary/aromatic N) is 1. The summed E-state index contributed by atoms with van der Waals surface area (Å²) in [5, 5.41) is 21.5. The van der Waals surface area contributed by atoms with Crippen LogP contribution in [0.25, 0.3) is 0 Å². The van der Waals surface area contributed by atoms with E-state index in [1.54, 1.807) is 0 Å². The zero-order valence-corrected chi connectivity index (χ0v) is 8.72. The van der Waals surface area contributed by atoms with Crippen molar-refractivity contribution in [1.82, 2.24) is 10.3 Å². The summed E-state index contributed by atoms with van der Waals surface area (Å²) in [5.74, 6) is -0.828. The zero-order chi connectivity index (χ0) is 12.1. The molecule has 0 aromatic carbocycles. The molecular weight excluding hydrogens is 215 g/mol. The van der Waals surface area contributed by atoms with Crippen molar-refractivity contribution in [2.24, 2.45) is 0 Å². The first kappa shape index (κ1) is 12.5. The molecular formula is C10H13FN2O3. The van der Waals surface area contributed by atoms with Crippen molar-refractivity contribution < 1.29 is 19.4 Å². The molecule has 6 heteroatoms. The third kappa shape index (κ3) is 3.56. The maximum atomic E-state index is 12.5. The number of rotatable bonds is 4. The SMILES string of the molecule is CC(=O)NCC(O)C(O)c1ccc(F)cn1. The van der Waals surface area contributed by atoms with Crippen LogP contribution in [0.15, 0.2) is 18.3 Å². The van der Waals surface area contributed by atoms with Crippen LogP contribution in [0.2, 0.25) is 0 Å². The molecule has 0 bridgehead atoms. The fourth-order valence-corrected chi connectivity index (χ4v) is 1.12. The lowest BCUT2D eigenvalue weighted by Crippen LogP contribution is -2.34. The highest BCUT2D eigenvalue weighted by atomic mass is 19.1. The summed E-state index contributed by atoms with van der Waals surface area (Å²) in [6, 6.07) is 2.41. The lowest BCUT2D eigenvalue weighted by Gasteiger charge is -2.17. The number of aliphatic hydroxyl groups is 2. The number of carbonyl (C=O) groups is 1. The molecule has 0 radical (unpaired) electrons. The molecule has 5 nitrogen and oxygen atoms in total. The standard InChI is InChI=1S/C10H13FN2O3/c1-6(14)12-5-9(15)10(16)8-3-2-7(11)4-13-8/h2-4,9-10,15-16H,5H2,1H3,(H,12,14). The van der Waals surface area contributed by atoms with Gasteiger partial charge in [-0.1, -0.05) is 0 Å². The van der Waals surface area contributed by atoms with Crippen molar-refractivity contribution in [3.8, 4) is 0 Å². The summed E-state index contributed by atoms with van der Waals surface area (Å²) in [6.45, 7) is 1.21. The van der Waals surface area contributed by atoms with Crippen molar-refractivity contribution in [3.05, 3.63) is 29.8 Å². The predicted molar refractivity (Wildman–Crippen MR) is 53.8 cm³/mol. The number of hydrogen-bond donors (Lipinski definition) is 3. The molecule has 0 aliphatic heterocycles. The van der Waals surface area contributed by atoms with Gasteiger partial charge in [-0.15, -0.1) is 0 Å². The summed E-state index contributed by atoms with van der Waals surface area (Å²) in [5.41, 5.74) is 0.152. The van der Waals surface area contributed by atoms with Gasteiger partial charge in [0.15, 0.2) is 0 Å². The first-order valence-electron chi connectivity index (χ1n) is 4.72. The fourth-order valence-electron chi connectivity index (χ4n) is 1.12. The minimum atomic E-state index is -1.26. The normalized spacial score (nSPS) is 14.2. The predicted octanol–water partition coefficient (Wildman–Crippen LogP) is -0.249. The highest BCUT2D eigenvalue weighted by molar-refractivity contribution is 5.72. The summed E-state index contributed by atoms with van der Waals surface area (Å²) >= 11 is 0. The summed E-state index contributed by atoms with van der Waals surface area (Å²) < 4.78 is 12.5. The number of halogens is 1. The van der Waals surface area contributed by atoms with Crippen LogP contribution in [0, 0.1) is 5.82 Å². The number of nitrogens with one attached hydrogen (secondary N) is 1. The van der Waals surface area contributed by atoms with Gasteiger partial charge < -0.3 is 15.5 Å². The van der Waals surface area contributed by atoms with E-state index < -0.39 is 18.0 Å². The molecule has 0 spiro atoms. The molecule has 2 unspecified atom stereocenters. The largest absolute Gasteiger partial charge is 0.388 e. The van der Waals surface area contributed by atoms with Crippen LogP contribution < -0.4 is 5.32 Å². The minimum absolute atomic E-state index is 0.0877. The van der Waals surface area contributed by atoms with Crippen molar-refractivity contribution >= 4 is 5.91 Å². The highest BCUT2D eigenvalue weighted by Crippen LogP contribution is 2.13. The number of aromatic nitrogens is 1. The Morgan fingerprint density at radius 2 is 2.25 bits per heavy atom. The van der Waals surface area contributed by atoms with Crippen LogP contribution in [0.1, 0.15) is 18.7 Å². The third-order valence-electron chi connectivity index (χ3n) is 1.98. The molecule has 0 aliphatic carbocycles. The molecule has 1 rings (SSSR count). The van der Waals surface area contributed by atoms with Crippen molar-refractivity contribution in [3.63, 3.8) is 0 Å². The molecule has 0 aliphatic rings. The first-order valence-corrected chi connectivity index (χ1v) is 4.72. The maximum absolute atomic E-state index is 12.5. The quantitative estimate of drug-likeness (QED) is 0.663. The van der Waals surface area contributed by atoms with Gasteiger partial charge >= 0.3 is 0 Å².